The average Bonchev–Trinajstić information content (AvgIpc) is 2.38. The van der Waals surface area contributed by atoms with Crippen LogP contribution in [0, 0.1) is 0 Å². The van der Waals surface area contributed by atoms with Gasteiger partial charge in [-0.3, -0.25) is 4.98 Å². The lowest BCUT2D eigenvalue weighted by atomic mass is 9.97. The van der Waals surface area contributed by atoms with Crippen molar-refractivity contribution < 1.29 is 19.7 Å². The van der Waals surface area contributed by atoms with E-state index in [1.165, 1.54) is 25.4 Å². The zero-order valence-corrected chi connectivity index (χ0v) is 10.5. The molecule has 8 heteroatoms. The fourth-order valence-corrected chi connectivity index (χ4v) is 1.41. The first kappa shape index (κ1) is 13.9. The molecule has 20 heavy (non-hydrogen) atoms. The lowest BCUT2D eigenvalue weighted by Gasteiger charge is -2.19. The van der Waals surface area contributed by atoms with Crippen LogP contribution in [0.5, 0.6) is 5.88 Å². The molecule has 0 bridgehead atoms. The maximum atomic E-state index is 10.8. The van der Waals surface area contributed by atoms with E-state index < -0.39 is 11.7 Å². The van der Waals surface area contributed by atoms with E-state index in [0.29, 0.717) is 11.3 Å². The van der Waals surface area contributed by atoms with Crippen molar-refractivity contribution in [1.82, 2.24) is 15.0 Å². The van der Waals surface area contributed by atoms with Crippen LogP contribution < -0.4 is 4.74 Å². The first-order valence-electron chi connectivity index (χ1n) is 5.57. The van der Waals surface area contributed by atoms with Crippen molar-refractivity contribution in [2.75, 3.05) is 0 Å². The first-order valence-corrected chi connectivity index (χ1v) is 5.57. The second kappa shape index (κ2) is 5.26. The summed E-state index contributed by atoms with van der Waals surface area (Å²) in [4.78, 5) is 22.5. The van der Waals surface area contributed by atoms with Crippen molar-refractivity contribution in [2.24, 2.45) is 0 Å². The van der Waals surface area contributed by atoms with Crippen LogP contribution >= 0.6 is 0 Å². The minimum Gasteiger partial charge on any atom is -0.476 e. The number of carbonyl (C=O) groups is 1. The Morgan fingerprint density at radius 2 is 2.10 bits per heavy atom. The average molecular weight is 271 g/mol. The van der Waals surface area contributed by atoms with Crippen LogP contribution in [0.25, 0.3) is 11.3 Å². The van der Waals surface area contributed by atoms with Gasteiger partial charge in [-0.25, -0.2) is 14.8 Å². The lowest BCUT2D eigenvalue weighted by molar-refractivity contribution is -0.0478. The van der Waals surface area contributed by atoms with Crippen LogP contribution in [0.2, 0.25) is 0 Å². The third-order valence-corrected chi connectivity index (χ3v) is 2.20. The van der Waals surface area contributed by atoms with E-state index in [0.717, 1.165) is 6.20 Å². The fraction of sp³-hybridized carbons (Fsp3) is 0.167. The van der Waals surface area contributed by atoms with Crippen molar-refractivity contribution in [3.05, 3.63) is 36.4 Å². The molecule has 0 aromatic carbocycles. The Balaban J connectivity index is 2.26. The number of aliphatic hydroxyl groups is 1. The summed E-state index contributed by atoms with van der Waals surface area (Å²) in [5, 5.41) is 18.1. The first-order chi connectivity index (χ1) is 9.35. The molecule has 7 nitrogen and oxygen atoms in total. The van der Waals surface area contributed by atoms with Crippen LogP contribution in [0.3, 0.4) is 0 Å². The Morgan fingerprint density at radius 1 is 1.35 bits per heavy atom. The van der Waals surface area contributed by atoms with Crippen molar-refractivity contribution in [3.63, 3.8) is 0 Å². The molecule has 2 radical (unpaired) electrons. The van der Waals surface area contributed by atoms with Gasteiger partial charge in [-0.15, -0.1) is 0 Å². The second-order valence-electron chi connectivity index (χ2n) is 4.14. The number of carboxylic acid groups (broad SMARTS) is 1. The van der Waals surface area contributed by atoms with E-state index in [1.54, 1.807) is 6.07 Å². The molecule has 0 fully saturated rings. The topological polar surface area (TPSA) is 105 Å². The van der Waals surface area contributed by atoms with Crippen LogP contribution in [0.4, 0.5) is 0 Å². The van der Waals surface area contributed by atoms with E-state index in [2.05, 4.69) is 15.0 Å². The normalized spacial score (nSPS) is 13.5. The van der Waals surface area contributed by atoms with Crippen molar-refractivity contribution in [2.45, 2.75) is 12.6 Å². The van der Waals surface area contributed by atoms with Gasteiger partial charge in [0.15, 0.2) is 19.2 Å². The van der Waals surface area contributed by atoms with Gasteiger partial charge in [0.1, 0.15) is 0 Å². The molecule has 2 heterocycles. The monoisotopic (exact) mass is 271 g/mol. The molecule has 0 spiro atoms. The Hall–Kier alpha value is -2.48. The summed E-state index contributed by atoms with van der Waals surface area (Å²) in [7, 11) is 5.28. The summed E-state index contributed by atoms with van der Waals surface area (Å²) < 4.78 is 4.95. The molecular formula is C12H10BN3O4. The van der Waals surface area contributed by atoms with E-state index >= 15 is 0 Å². The number of hydrogen-bond donors (Lipinski definition) is 2. The van der Waals surface area contributed by atoms with Crippen molar-refractivity contribution >= 4 is 13.8 Å². The summed E-state index contributed by atoms with van der Waals surface area (Å²) in [6, 6.07) is 3.08. The van der Waals surface area contributed by atoms with Crippen LogP contribution in [-0.2, 0) is 0 Å². The molecule has 2 aromatic rings. The van der Waals surface area contributed by atoms with Gasteiger partial charge in [0.2, 0.25) is 5.88 Å². The highest BCUT2D eigenvalue weighted by Crippen LogP contribution is 2.19. The van der Waals surface area contributed by atoms with Gasteiger partial charge in [0, 0.05) is 17.8 Å². The van der Waals surface area contributed by atoms with Gasteiger partial charge in [-0.2, -0.15) is 0 Å². The third kappa shape index (κ3) is 3.52. The number of ether oxygens (including phenoxy) is 1. The molecule has 0 aliphatic carbocycles. The van der Waals surface area contributed by atoms with E-state index in [-0.39, 0.29) is 11.6 Å². The predicted molar refractivity (Wildman–Crippen MR) is 69.2 cm³/mol. The molecule has 0 saturated carbocycles. The smallest absolute Gasteiger partial charge is 0.356 e. The molecule has 2 N–H and O–H groups in total. The van der Waals surface area contributed by atoms with Crippen molar-refractivity contribution in [1.29, 1.82) is 0 Å². The molecule has 2 aromatic heterocycles. The van der Waals surface area contributed by atoms with Crippen LogP contribution in [0.1, 0.15) is 17.4 Å². The second-order valence-corrected chi connectivity index (χ2v) is 4.14. The SMILES string of the molecule is [B]C(C)(O)Oc1ccc(-c2cncc(C(=O)O)n2)cn1. The molecule has 1 atom stereocenters. The Bertz CT molecular complexity index is 625. The van der Waals surface area contributed by atoms with Crippen LogP contribution in [0.15, 0.2) is 30.7 Å². The molecular weight excluding hydrogens is 261 g/mol. The van der Waals surface area contributed by atoms with E-state index in [1.807, 2.05) is 0 Å². The minimum absolute atomic E-state index is 0.128. The van der Waals surface area contributed by atoms with Crippen LogP contribution in [-0.4, -0.2) is 44.7 Å². The summed E-state index contributed by atoms with van der Waals surface area (Å²) in [6.07, 6.45) is 3.99. The Labute approximate surface area is 115 Å². The number of carboxylic acids is 1. The molecule has 1 unspecified atom stereocenters. The lowest BCUT2D eigenvalue weighted by Crippen LogP contribution is -2.32. The molecule has 2 rings (SSSR count). The number of hydrogen-bond acceptors (Lipinski definition) is 6. The fourth-order valence-electron chi connectivity index (χ4n) is 1.41. The maximum absolute atomic E-state index is 10.8. The molecule has 100 valence electrons. The summed E-state index contributed by atoms with van der Waals surface area (Å²) in [5.74, 6) is -1.03. The zero-order valence-electron chi connectivity index (χ0n) is 10.5. The van der Waals surface area contributed by atoms with Gasteiger partial charge >= 0.3 is 5.97 Å². The van der Waals surface area contributed by atoms with Gasteiger partial charge in [0.05, 0.1) is 18.1 Å². The number of aromatic carboxylic acids is 1. The molecule has 0 amide bonds. The number of pyridine rings is 1. The van der Waals surface area contributed by atoms with Gasteiger partial charge in [0.25, 0.3) is 0 Å². The highest BCUT2D eigenvalue weighted by atomic mass is 16.6. The van der Waals surface area contributed by atoms with E-state index in [4.69, 9.17) is 17.7 Å². The quantitative estimate of drug-likeness (QED) is 0.614. The number of nitrogens with zero attached hydrogens (tertiary/aromatic N) is 3. The van der Waals surface area contributed by atoms with Gasteiger partial charge in [-0.1, -0.05) is 0 Å². The summed E-state index contributed by atoms with van der Waals surface area (Å²) >= 11 is 0. The highest BCUT2D eigenvalue weighted by Gasteiger charge is 2.14. The molecule has 0 aliphatic rings. The predicted octanol–water partition coefficient (Wildman–Crippen LogP) is 0.450. The highest BCUT2D eigenvalue weighted by molar-refractivity contribution is 6.13. The third-order valence-electron chi connectivity index (χ3n) is 2.20. The van der Waals surface area contributed by atoms with E-state index in [9.17, 15) is 9.90 Å². The molecule has 0 saturated heterocycles. The Morgan fingerprint density at radius 3 is 2.65 bits per heavy atom. The maximum Gasteiger partial charge on any atom is 0.356 e. The summed E-state index contributed by atoms with van der Waals surface area (Å²) in [6.45, 7) is 1.27. The largest absolute Gasteiger partial charge is 0.476 e. The molecule has 0 aliphatic heterocycles. The summed E-state index contributed by atoms with van der Waals surface area (Å²) in [5.41, 5.74) is -1.06. The standard InChI is InChI=1S/C12H10BN3O4/c1-12(13,19)20-10-3-2-7(4-15-10)8-5-14-6-9(16-8)11(17)18/h2-6,19H,1H3,(H,17,18). The van der Waals surface area contributed by atoms with Gasteiger partial charge in [-0.05, 0) is 13.0 Å². The zero-order chi connectivity index (χ0) is 14.8. The van der Waals surface area contributed by atoms with Crippen molar-refractivity contribution in [3.8, 4) is 17.1 Å². The number of aromatic nitrogens is 3. The number of rotatable bonds is 4. The minimum atomic E-state index is -1.82. The Kier molecular flexibility index (Phi) is 3.67. The van der Waals surface area contributed by atoms with Gasteiger partial charge < -0.3 is 14.9 Å².